The number of rotatable bonds is 26. The Balaban J connectivity index is 2.56. The molecule has 1 aromatic heterocycles. The number of hydrogen-bond acceptors (Lipinski definition) is 12. The van der Waals surface area contributed by atoms with Crippen LogP contribution in [-0.2, 0) is 56.1 Å². The molecule has 0 aliphatic carbocycles. The Labute approximate surface area is 317 Å². The summed E-state index contributed by atoms with van der Waals surface area (Å²) in [5, 5.41) is 29.3. The van der Waals surface area contributed by atoms with E-state index in [0.717, 1.165) is 11.8 Å². The van der Waals surface area contributed by atoms with Crippen LogP contribution in [0.3, 0.4) is 0 Å². The van der Waals surface area contributed by atoms with Crippen molar-refractivity contribution < 1.29 is 48.3 Å². The Morgan fingerprint density at radius 3 is 2.18 bits per heavy atom. The van der Waals surface area contributed by atoms with Crippen molar-refractivity contribution in [1.29, 1.82) is 0 Å². The van der Waals surface area contributed by atoms with Crippen molar-refractivity contribution in [3.05, 3.63) is 11.9 Å². The predicted molar refractivity (Wildman–Crippen MR) is 194 cm³/mol. The largest absolute Gasteiger partial charge is 0.481 e. The number of nitrogens with zero attached hydrogens (tertiary/aromatic N) is 5. The smallest absolute Gasteiger partial charge is 0.305 e. The fourth-order valence-electron chi connectivity index (χ4n) is 4.56. The molecule has 0 radical (unpaired) electrons. The molecule has 1 unspecified atom stereocenters. The summed E-state index contributed by atoms with van der Waals surface area (Å²) in [6.07, 6.45) is 1.82. The number of nitrogens with two attached hydrogens (primary N) is 3. The molecule has 1 rings (SSSR count). The summed E-state index contributed by atoms with van der Waals surface area (Å²) in [6.45, 7) is 3.80. The van der Waals surface area contributed by atoms with Crippen molar-refractivity contribution in [3.8, 4) is 0 Å². The maximum atomic E-state index is 13.0. The van der Waals surface area contributed by atoms with Gasteiger partial charge < -0.3 is 53.8 Å². The highest BCUT2D eigenvalue weighted by molar-refractivity contribution is 5.95. The first-order valence-electron chi connectivity index (χ1n) is 17.4. The molecule has 55 heavy (non-hydrogen) atoms. The minimum absolute atomic E-state index is 0.0214. The summed E-state index contributed by atoms with van der Waals surface area (Å²) in [7, 11) is 1.36. The third-order valence-corrected chi connectivity index (χ3v) is 7.84. The van der Waals surface area contributed by atoms with Crippen LogP contribution in [-0.4, -0.2) is 135 Å². The number of amides is 7. The molecule has 7 amide bonds. The molecule has 23 nitrogen and oxygen atoms in total. The number of guanidine groups is 1. The van der Waals surface area contributed by atoms with Crippen LogP contribution in [0.4, 0.5) is 0 Å². The second-order valence-electron chi connectivity index (χ2n) is 12.8. The number of primary amides is 1. The molecule has 0 aliphatic rings. The summed E-state index contributed by atoms with van der Waals surface area (Å²) in [5.74, 6) is -6.58. The van der Waals surface area contributed by atoms with Gasteiger partial charge in [-0.05, 0) is 33.1 Å². The SMILES string of the molecule is CC(=O)C(CC(=O)O)NC(=O)[C@H](CCCCN=C(N)N)NC(=O)[C@H](C)NC(=O)CN(C)C(=O)CCNC(=O)CCc1cn(CC(=O)NC[C@H](C)C(N)=O)nn1. The van der Waals surface area contributed by atoms with Gasteiger partial charge >= 0.3 is 5.97 Å². The van der Waals surface area contributed by atoms with E-state index in [9.17, 15) is 43.2 Å². The minimum atomic E-state index is -1.32. The maximum Gasteiger partial charge on any atom is 0.305 e. The number of hydrogen-bond donors (Lipinski definition) is 9. The molecule has 0 saturated heterocycles. The van der Waals surface area contributed by atoms with Gasteiger partial charge in [0.05, 0.1) is 30.6 Å². The zero-order valence-electron chi connectivity index (χ0n) is 31.5. The number of aromatic nitrogens is 3. The number of aliphatic carboxylic acids is 1. The summed E-state index contributed by atoms with van der Waals surface area (Å²) in [4.78, 5) is 115. The molecule has 0 spiro atoms. The zero-order chi connectivity index (χ0) is 41.7. The number of likely N-dealkylation sites (N-methyl/N-ethyl adjacent to an activating group) is 1. The predicted octanol–water partition coefficient (Wildman–Crippen LogP) is -4.61. The van der Waals surface area contributed by atoms with Gasteiger partial charge in [-0.1, -0.05) is 12.1 Å². The number of Topliss-reactive ketones (excluding diaryl/α,β-unsaturated/α-hetero) is 1. The molecule has 0 aliphatic heterocycles. The van der Waals surface area contributed by atoms with Gasteiger partial charge in [-0.25, -0.2) is 4.68 Å². The van der Waals surface area contributed by atoms with Crippen molar-refractivity contribution in [3.63, 3.8) is 0 Å². The molecule has 12 N–H and O–H groups in total. The second-order valence-corrected chi connectivity index (χ2v) is 12.8. The zero-order valence-corrected chi connectivity index (χ0v) is 31.5. The number of aryl methyl sites for hydroxylation is 1. The van der Waals surface area contributed by atoms with Gasteiger partial charge in [0.15, 0.2) is 11.7 Å². The monoisotopic (exact) mass is 779 g/mol. The van der Waals surface area contributed by atoms with Gasteiger partial charge in [0.1, 0.15) is 18.6 Å². The third kappa shape index (κ3) is 20.0. The normalized spacial score (nSPS) is 12.8. The van der Waals surface area contributed by atoms with Gasteiger partial charge in [0.25, 0.3) is 0 Å². The Morgan fingerprint density at radius 2 is 1.56 bits per heavy atom. The van der Waals surface area contributed by atoms with E-state index in [2.05, 4.69) is 41.9 Å². The van der Waals surface area contributed by atoms with E-state index in [4.69, 9.17) is 22.3 Å². The molecular formula is C32H53N13O10. The van der Waals surface area contributed by atoms with Gasteiger partial charge in [-0.2, -0.15) is 0 Å². The molecular weight excluding hydrogens is 726 g/mol. The van der Waals surface area contributed by atoms with E-state index < -0.39 is 84.2 Å². The first-order chi connectivity index (χ1) is 25.8. The van der Waals surface area contributed by atoms with E-state index in [1.165, 1.54) is 24.9 Å². The van der Waals surface area contributed by atoms with E-state index in [1.54, 1.807) is 6.92 Å². The first kappa shape index (κ1) is 46.9. The molecule has 0 bridgehead atoms. The number of ketones is 1. The van der Waals surface area contributed by atoms with Crippen molar-refractivity contribution in [2.24, 2.45) is 28.1 Å². The Bertz CT molecular complexity index is 1560. The third-order valence-electron chi connectivity index (χ3n) is 7.84. The topological polar surface area (TPSA) is 358 Å². The van der Waals surface area contributed by atoms with Crippen LogP contribution in [0.25, 0.3) is 0 Å². The van der Waals surface area contributed by atoms with E-state index in [-0.39, 0.29) is 63.7 Å². The number of aliphatic imine (C=N–C) groups is 1. The van der Waals surface area contributed by atoms with E-state index >= 15 is 0 Å². The molecule has 0 aromatic carbocycles. The molecule has 1 heterocycles. The molecule has 1 aromatic rings. The van der Waals surface area contributed by atoms with Gasteiger partial charge in [0.2, 0.25) is 41.4 Å². The van der Waals surface area contributed by atoms with Gasteiger partial charge in [-0.15, -0.1) is 5.10 Å². The number of carboxylic acids is 1. The van der Waals surface area contributed by atoms with E-state index in [1.807, 2.05) is 0 Å². The lowest BCUT2D eigenvalue weighted by molar-refractivity contribution is -0.140. The molecule has 306 valence electrons. The Kier molecular flexibility index (Phi) is 20.6. The first-order valence-corrected chi connectivity index (χ1v) is 17.4. The quantitative estimate of drug-likeness (QED) is 0.0243. The second kappa shape index (κ2) is 24.2. The summed E-state index contributed by atoms with van der Waals surface area (Å²) >= 11 is 0. The van der Waals surface area contributed by atoms with Crippen molar-refractivity contribution in [2.45, 2.75) is 90.4 Å². The highest BCUT2D eigenvalue weighted by atomic mass is 16.4. The van der Waals surface area contributed by atoms with Crippen LogP contribution in [0.5, 0.6) is 0 Å². The molecule has 4 atom stereocenters. The van der Waals surface area contributed by atoms with Crippen LogP contribution in [0.15, 0.2) is 11.2 Å². The van der Waals surface area contributed by atoms with Crippen LogP contribution in [0.2, 0.25) is 0 Å². The Hall–Kier alpha value is -6.16. The fourth-order valence-corrected chi connectivity index (χ4v) is 4.56. The van der Waals surface area contributed by atoms with Crippen molar-refractivity contribution in [2.75, 3.05) is 33.2 Å². The highest BCUT2D eigenvalue weighted by Gasteiger charge is 2.28. The lowest BCUT2D eigenvalue weighted by Crippen LogP contribution is -2.55. The Morgan fingerprint density at radius 1 is 0.891 bits per heavy atom. The fraction of sp³-hybridized carbons (Fsp3) is 0.625. The molecule has 0 saturated carbocycles. The maximum absolute atomic E-state index is 13.0. The lowest BCUT2D eigenvalue weighted by atomic mass is 10.1. The number of carboxylic acid groups (broad SMARTS) is 1. The van der Waals surface area contributed by atoms with Crippen LogP contribution >= 0.6 is 0 Å². The van der Waals surface area contributed by atoms with Gasteiger partial charge in [0, 0.05) is 52.1 Å². The summed E-state index contributed by atoms with van der Waals surface area (Å²) in [5.41, 5.74) is 16.2. The average Bonchev–Trinajstić information content (AvgIpc) is 3.54. The standard InChI is InChI=1S/C32H53N13O10/c1-18(29(33)53)14-38-25(48)17-45-15-21(42-43-45)8-9-24(47)36-12-10-27(50)44(4)16-26(49)39-19(2)30(54)40-22(7-5-6-11-37-32(34)35)31(55)41-23(20(3)46)13-28(51)52/h15,18-19,22-23H,5-14,16-17H2,1-4H3,(H2,33,53)(H,36,47)(H,38,48)(H,39,49)(H,40,54)(H,41,55)(H,51,52)(H4,34,35,37)/t18-,19-,22-,23?/m0/s1. The van der Waals surface area contributed by atoms with Crippen molar-refractivity contribution in [1.82, 2.24) is 46.5 Å². The van der Waals surface area contributed by atoms with Crippen LogP contribution in [0.1, 0.15) is 65.0 Å². The number of nitrogens with one attached hydrogen (secondary N) is 5. The summed E-state index contributed by atoms with van der Waals surface area (Å²) in [6, 6.07) is -3.68. The lowest BCUT2D eigenvalue weighted by Gasteiger charge is -2.24. The average molecular weight is 780 g/mol. The van der Waals surface area contributed by atoms with Crippen LogP contribution < -0.4 is 43.8 Å². The molecule has 23 heteroatoms. The van der Waals surface area contributed by atoms with Crippen LogP contribution in [0, 0.1) is 5.92 Å². The summed E-state index contributed by atoms with van der Waals surface area (Å²) < 4.78 is 1.28. The number of carbonyl (C=O) groups excluding carboxylic acids is 8. The highest BCUT2D eigenvalue weighted by Crippen LogP contribution is 2.06. The van der Waals surface area contributed by atoms with E-state index in [0.29, 0.717) is 18.5 Å². The van der Waals surface area contributed by atoms with Crippen molar-refractivity contribution >= 4 is 59.1 Å². The minimum Gasteiger partial charge on any atom is -0.481 e. The number of carbonyl (C=O) groups is 9. The molecule has 0 fully saturated rings. The number of unbranched alkanes of at least 4 members (excludes halogenated alkanes) is 1. The van der Waals surface area contributed by atoms with Gasteiger partial charge in [-0.3, -0.25) is 48.1 Å².